The second-order valence-electron chi connectivity index (χ2n) is 5.64. The number of amides is 1. The molecule has 3 aromatic heterocycles. The van der Waals surface area contributed by atoms with E-state index < -0.39 is 0 Å². The Morgan fingerprint density at radius 2 is 2.08 bits per heavy atom. The van der Waals surface area contributed by atoms with E-state index in [-0.39, 0.29) is 5.91 Å². The number of benzene rings is 1. The summed E-state index contributed by atoms with van der Waals surface area (Å²) in [7, 11) is 0. The molecule has 0 fully saturated rings. The van der Waals surface area contributed by atoms with Crippen molar-refractivity contribution in [1.29, 1.82) is 0 Å². The molecular weight excluding hydrogens is 332 g/mol. The summed E-state index contributed by atoms with van der Waals surface area (Å²) in [5.41, 5.74) is 3.37. The number of thiophene rings is 1. The van der Waals surface area contributed by atoms with Crippen LogP contribution < -0.4 is 5.32 Å². The Balaban J connectivity index is 1.41. The first-order valence-electron chi connectivity index (χ1n) is 8.01. The van der Waals surface area contributed by atoms with Crippen LogP contribution in [0.3, 0.4) is 0 Å². The highest BCUT2D eigenvalue weighted by atomic mass is 32.1. The summed E-state index contributed by atoms with van der Waals surface area (Å²) in [5, 5.41) is 13.0. The molecule has 4 rings (SSSR count). The van der Waals surface area contributed by atoms with Crippen LogP contribution in [0.4, 0.5) is 0 Å². The minimum Gasteiger partial charge on any atom is -0.350 e. The lowest BCUT2D eigenvalue weighted by Gasteiger charge is -2.06. The third-order valence-corrected chi connectivity index (χ3v) is 4.90. The molecule has 6 heteroatoms. The van der Waals surface area contributed by atoms with Crippen LogP contribution in [0.25, 0.3) is 21.5 Å². The molecule has 3 heterocycles. The number of aromatic nitrogens is 3. The van der Waals surface area contributed by atoms with Crippen molar-refractivity contribution in [2.45, 2.75) is 6.42 Å². The second-order valence-corrected chi connectivity index (χ2v) is 6.59. The minimum atomic E-state index is -0.174. The first-order chi connectivity index (χ1) is 12.3. The average Bonchev–Trinajstić information content (AvgIpc) is 3.33. The van der Waals surface area contributed by atoms with E-state index in [4.69, 9.17) is 0 Å². The SMILES string of the molecule is O=C(NCCc1cccc2cccnc12)c1cc(-c2cccs2)[nH]n1. The zero-order valence-corrected chi connectivity index (χ0v) is 14.2. The van der Waals surface area contributed by atoms with E-state index in [0.29, 0.717) is 12.2 Å². The van der Waals surface area contributed by atoms with Gasteiger partial charge in [0.05, 0.1) is 16.1 Å². The number of nitrogens with zero attached hydrogens (tertiary/aromatic N) is 2. The Hall–Kier alpha value is -2.99. The summed E-state index contributed by atoms with van der Waals surface area (Å²) in [4.78, 5) is 17.8. The fraction of sp³-hybridized carbons (Fsp3) is 0.105. The monoisotopic (exact) mass is 348 g/mol. The van der Waals surface area contributed by atoms with Crippen molar-refractivity contribution in [3.05, 3.63) is 71.4 Å². The van der Waals surface area contributed by atoms with Crippen LogP contribution in [0.5, 0.6) is 0 Å². The molecule has 0 saturated heterocycles. The number of pyridine rings is 1. The van der Waals surface area contributed by atoms with Crippen LogP contribution >= 0.6 is 11.3 Å². The second kappa shape index (κ2) is 6.86. The maximum absolute atomic E-state index is 12.3. The molecule has 2 N–H and O–H groups in total. The molecule has 0 radical (unpaired) electrons. The van der Waals surface area contributed by atoms with Crippen LogP contribution in [0.2, 0.25) is 0 Å². The maximum Gasteiger partial charge on any atom is 0.271 e. The van der Waals surface area contributed by atoms with Gasteiger partial charge in [0.25, 0.3) is 5.91 Å². The van der Waals surface area contributed by atoms with Gasteiger partial charge in [0.1, 0.15) is 0 Å². The van der Waals surface area contributed by atoms with Crippen molar-refractivity contribution in [2.24, 2.45) is 0 Å². The highest BCUT2D eigenvalue weighted by Gasteiger charge is 2.11. The molecule has 1 amide bonds. The molecule has 124 valence electrons. The summed E-state index contributed by atoms with van der Waals surface area (Å²) in [5.74, 6) is -0.174. The number of fused-ring (bicyclic) bond motifs is 1. The predicted molar refractivity (Wildman–Crippen MR) is 99.7 cm³/mol. The van der Waals surface area contributed by atoms with Crippen molar-refractivity contribution in [3.8, 4) is 10.6 Å². The van der Waals surface area contributed by atoms with Gasteiger partial charge in [-0.1, -0.05) is 30.3 Å². The molecule has 0 aliphatic heterocycles. The largest absolute Gasteiger partial charge is 0.350 e. The van der Waals surface area contributed by atoms with E-state index in [2.05, 4.69) is 20.5 Å². The summed E-state index contributed by atoms with van der Waals surface area (Å²) < 4.78 is 0. The van der Waals surface area contributed by atoms with Gasteiger partial charge in [-0.2, -0.15) is 5.10 Å². The normalized spacial score (nSPS) is 10.9. The molecule has 0 atom stereocenters. The van der Waals surface area contributed by atoms with E-state index in [9.17, 15) is 4.79 Å². The average molecular weight is 348 g/mol. The van der Waals surface area contributed by atoms with Gasteiger partial charge in [-0.25, -0.2) is 0 Å². The van der Waals surface area contributed by atoms with Crippen LogP contribution in [0, 0.1) is 0 Å². The van der Waals surface area contributed by atoms with Crippen LogP contribution in [-0.4, -0.2) is 27.6 Å². The van der Waals surface area contributed by atoms with Gasteiger partial charge < -0.3 is 5.32 Å². The highest BCUT2D eigenvalue weighted by molar-refractivity contribution is 7.13. The van der Waals surface area contributed by atoms with Gasteiger partial charge >= 0.3 is 0 Å². The molecule has 0 spiro atoms. The highest BCUT2D eigenvalue weighted by Crippen LogP contribution is 2.22. The maximum atomic E-state index is 12.3. The molecule has 1 aromatic carbocycles. The zero-order chi connectivity index (χ0) is 17.1. The summed E-state index contributed by atoms with van der Waals surface area (Å²) in [6.07, 6.45) is 2.52. The lowest BCUT2D eigenvalue weighted by molar-refractivity contribution is 0.0949. The predicted octanol–water partition coefficient (Wildman–Crippen LogP) is 3.66. The Morgan fingerprint density at radius 1 is 1.16 bits per heavy atom. The molecule has 0 aliphatic carbocycles. The third kappa shape index (κ3) is 3.29. The van der Waals surface area contributed by atoms with Crippen molar-refractivity contribution < 1.29 is 4.79 Å². The number of H-pyrrole nitrogens is 1. The molecule has 4 aromatic rings. The Labute approximate surface area is 148 Å². The third-order valence-electron chi connectivity index (χ3n) is 3.99. The summed E-state index contributed by atoms with van der Waals surface area (Å²) >= 11 is 1.61. The molecule has 0 unspecified atom stereocenters. The number of aromatic amines is 1. The van der Waals surface area contributed by atoms with E-state index in [1.54, 1.807) is 23.6 Å². The molecular formula is C19H16N4OS. The number of nitrogens with one attached hydrogen (secondary N) is 2. The van der Waals surface area contributed by atoms with Gasteiger partial charge in [-0.05, 0) is 35.6 Å². The summed E-state index contributed by atoms with van der Waals surface area (Å²) in [6.45, 7) is 0.537. The Bertz CT molecular complexity index is 1000. The van der Waals surface area contributed by atoms with Crippen molar-refractivity contribution in [2.75, 3.05) is 6.54 Å². The fourth-order valence-corrected chi connectivity index (χ4v) is 3.46. The number of carbonyl (C=O) groups excluding carboxylic acids is 1. The van der Waals surface area contributed by atoms with E-state index in [0.717, 1.165) is 33.5 Å². The van der Waals surface area contributed by atoms with Crippen molar-refractivity contribution in [1.82, 2.24) is 20.5 Å². The van der Waals surface area contributed by atoms with Gasteiger partial charge in [0.15, 0.2) is 5.69 Å². The fourth-order valence-electron chi connectivity index (χ4n) is 2.77. The van der Waals surface area contributed by atoms with E-state index in [1.165, 1.54) is 0 Å². The molecule has 5 nitrogen and oxygen atoms in total. The minimum absolute atomic E-state index is 0.174. The molecule has 25 heavy (non-hydrogen) atoms. The standard InChI is InChI=1S/C19H16N4OS/c24-19(16-12-15(22-23-16)17-7-3-11-25-17)21-10-8-14-5-1-4-13-6-2-9-20-18(13)14/h1-7,9,11-12H,8,10H2,(H,21,24)(H,22,23). The molecule has 0 aliphatic rings. The van der Waals surface area contributed by atoms with Gasteiger partial charge in [-0.3, -0.25) is 14.9 Å². The first kappa shape index (κ1) is 15.5. The van der Waals surface area contributed by atoms with Crippen LogP contribution in [0.15, 0.2) is 60.1 Å². The van der Waals surface area contributed by atoms with E-state index >= 15 is 0 Å². The van der Waals surface area contributed by atoms with Gasteiger partial charge in [0.2, 0.25) is 0 Å². The summed E-state index contributed by atoms with van der Waals surface area (Å²) in [6, 6.07) is 15.8. The first-order valence-corrected chi connectivity index (χ1v) is 8.89. The van der Waals surface area contributed by atoms with Gasteiger partial charge in [0, 0.05) is 18.1 Å². The van der Waals surface area contributed by atoms with Gasteiger partial charge in [-0.15, -0.1) is 11.3 Å². The van der Waals surface area contributed by atoms with Crippen LogP contribution in [-0.2, 0) is 6.42 Å². The zero-order valence-electron chi connectivity index (χ0n) is 13.4. The number of hydrogen-bond donors (Lipinski definition) is 2. The van der Waals surface area contributed by atoms with E-state index in [1.807, 2.05) is 47.8 Å². The smallest absolute Gasteiger partial charge is 0.271 e. The number of para-hydroxylation sites is 1. The van der Waals surface area contributed by atoms with Crippen molar-refractivity contribution in [3.63, 3.8) is 0 Å². The lowest BCUT2D eigenvalue weighted by Crippen LogP contribution is -2.26. The number of carbonyl (C=O) groups is 1. The topological polar surface area (TPSA) is 70.7 Å². The van der Waals surface area contributed by atoms with Crippen LogP contribution in [0.1, 0.15) is 16.1 Å². The molecule has 0 saturated carbocycles. The lowest BCUT2D eigenvalue weighted by atomic mass is 10.1. The van der Waals surface area contributed by atoms with Crippen molar-refractivity contribution >= 4 is 28.1 Å². The number of rotatable bonds is 5. The molecule has 0 bridgehead atoms. The Kier molecular flexibility index (Phi) is 4.26. The Morgan fingerprint density at radius 3 is 2.96 bits per heavy atom. The number of hydrogen-bond acceptors (Lipinski definition) is 4. The quantitative estimate of drug-likeness (QED) is 0.578.